The minimum absolute atomic E-state index is 0.104. The summed E-state index contributed by atoms with van der Waals surface area (Å²) in [6.45, 7) is 6.85. The lowest BCUT2D eigenvalue weighted by Crippen LogP contribution is -2.48. The molecule has 0 N–H and O–H groups in total. The fraction of sp³-hybridized carbons (Fsp3) is 0.318. The number of hydrogen-bond acceptors (Lipinski definition) is 3. The Morgan fingerprint density at radius 3 is 2.35 bits per heavy atom. The van der Waals surface area contributed by atoms with E-state index in [1.807, 2.05) is 54.3 Å². The minimum atomic E-state index is 0.104. The van der Waals surface area contributed by atoms with Gasteiger partial charge in [0.2, 0.25) is 0 Å². The lowest BCUT2D eigenvalue weighted by Gasteiger charge is -2.34. The van der Waals surface area contributed by atoms with Gasteiger partial charge in [-0.15, -0.1) is 0 Å². The molecule has 0 atom stereocenters. The highest BCUT2D eigenvalue weighted by Gasteiger charge is 2.21. The maximum atomic E-state index is 12.6. The lowest BCUT2D eigenvalue weighted by molar-refractivity contribution is 0.0650. The van der Waals surface area contributed by atoms with Crippen LogP contribution in [0.25, 0.3) is 6.08 Å². The first-order valence-electron chi connectivity index (χ1n) is 9.22. The van der Waals surface area contributed by atoms with Crippen LogP contribution in [0.2, 0.25) is 0 Å². The molecule has 1 aliphatic rings. The third kappa shape index (κ3) is 4.96. The van der Waals surface area contributed by atoms with Crippen molar-refractivity contribution in [1.29, 1.82) is 0 Å². The number of carbonyl (C=O) groups excluding carboxylic acids is 1. The summed E-state index contributed by atoms with van der Waals surface area (Å²) in [4.78, 5) is 16.9. The number of hydrogen-bond donors (Lipinski definition) is 0. The van der Waals surface area contributed by atoms with E-state index in [0.29, 0.717) is 6.61 Å². The van der Waals surface area contributed by atoms with Gasteiger partial charge in [0.25, 0.3) is 5.91 Å². The number of rotatable bonds is 6. The van der Waals surface area contributed by atoms with E-state index in [-0.39, 0.29) is 5.91 Å². The van der Waals surface area contributed by atoms with Crippen LogP contribution in [-0.2, 0) is 0 Å². The topological polar surface area (TPSA) is 32.8 Å². The van der Waals surface area contributed by atoms with E-state index < -0.39 is 0 Å². The van der Waals surface area contributed by atoms with Crippen LogP contribution in [0.5, 0.6) is 5.75 Å². The predicted octanol–water partition coefficient (Wildman–Crippen LogP) is 3.56. The zero-order chi connectivity index (χ0) is 18.2. The molecule has 0 saturated carbocycles. The Morgan fingerprint density at radius 1 is 1.00 bits per heavy atom. The van der Waals surface area contributed by atoms with E-state index in [9.17, 15) is 4.79 Å². The first-order chi connectivity index (χ1) is 12.8. The first kappa shape index (κ1) is 18.2. The number of piperazine rings is 1. The average Bonchev–Trinajstić information content (AvgIpc) is 2.70. The van der Waals surface area contributed by atoms with Gasteiger partial charge >= 0.3 is 0 Å². The zero-order valence-corrected chi connectivity index (χ0v) is 15.3. The highest BCUT2D eigenvalue weighted by Crippen LogP contribution is 2.15. The summed E-state index contributed by atoms with van der Waals surface area (Å²) in [6.07, 6.45) is 4.34. The van der Waals surface area contributed by atoms with E-state index in [1.54, 1.807) is 0 Å². The van der Waals surface area contributed by atoms with Gasteiger partial charge in [-0.2, -0.15) is 0 Å². The van der Waals surface area contributed by atoms with Crippen molar-refractivity contribution in [2.24, 2.45) is 0 Å². The largest absolute Gasteiger partial charge is 0.494 e. The zero-order valence-electron chi connectivity index (χ0n) is 15.3. The molecule has 4 heteroatoms. The van der Waals surface area contributed by atoms with Crippen molar-refractivity contribution in [2.45, 2.75) is 6.92 Å². The molecule has 0 bridgehead atoms. The van der Waals surface area contributed by atoms with Crippen molar-refractivity contribution >= 4 is 12.0 Å². The molecule has 136 valence electrons. The van der Waals surface area contributed by atoms with Crippen molar-refractivity contribution in [3.05, 3.63) is 71.8 Å². The Bertz CT molecular complexity index is 718. The van der Waals surface area contributed by atoms with Crippen LogP contribution >= 0.6 is 0 Å². The molecule has 0 aliphatic carbocycles. The van der Waals surface area contributed by atoms with Gasteiger partial charge in [0.1, 0.15) is 5.75 Å². The highest BCUT2D eigenvalue weighted by atomic mass is 16.5. The molecular formula is C22H26N2O2. The maximum absolute atomic E-state index is 12.6. The second kappa shape index (κ2) is 9.20. The van der Waals surface area contributed by atoms with Gasteiger partial charge in [-0.25, -0.2) is 0 Å². The molecule has 1 amide bonds. The normalized spacial score (nSPS) is 15.3. The van der Waals surface area contributed by atoms with Crippen LogP contribution in [0.3, 0.4) is 0 Å². The Labute approximate surface area is 155 Å². The van der Waals surface area contributed by atoms with Gasteiger partial charge in [0, 0.05) is 38.3 Å². The van der Waals surface area contributed by atoms with E-state index in [4.69, 9.17) is 4.74 Å². The maximum Gasteiger partial charge on any atom is 0.253 e. The van der Waals surface area contributed by atoms with Gasteiger partial charge in [0.05, 0.1) is 6.61 Å². The SMILES string of the molecule is CCOc1ccc(C(=O)N2CCN(C/C=C/c3ccccc3)CC2)cc1. The molecule has 2 aromatic rings. The summed E-state index contributed by atoms with van der Waals surface area (Å²) >= 11 is 0. The molecular weight excluding hydrogens is 324 g/mol. The molecule has 1 saturated heterocycles. The molecule has 1 aliphatic heterocycles. The number of ether oxygens (including phenoxy) is 1. The Kier molecular flexibility index (Phi) is 6.45. The fourth-order valence-electron chi connectivity index (χ4n) is 3.08. The van der Waals surface area contributed by atoms with Crippen molar-refractivity contribution in [3.8, 4) is 5.75 Å². The molecule has 0 spiro atoms. The fourth-order valence-corrected chi connectivity index (χ4v) is 3.08. The van der Waals surface area contributed by atoms with Crippen LogP contribution < -0.4 is 4.74 Å². The lowest BCUT2D eigenvalue weighted by atomic mass is 10.1. The van der Waals surface area contributed by atoms with Crippen LogP contribution in [0, 0.1) is 0 Å². The molecule has 0 aromatic heterocycles. The Morgan fingerprint density at radius 2 is 1.69 bits per heavy atom. The second-order valence-corrected chi connectivity index (χ2v) is 6.36. The van der Waals surface area contributed by atoms with Gasteiger partial charge in [-0.1, -0.05) is 42.5 Å². The quantitative estimate of drug-likeness (QED) is 0.799. The van der Waals surface area contributed by atoms with E-state index in [2.05, 4.69) is 29.2 Å². The molecule has 0 unspecified atom stereocenters. The molecule has 26 heavy (non-hydrogen) atoms. The van der Waals surface area contributed by atoms with Crippen LogP contribution in [0.1, 0.15) is 22.8 Å². The first-order valence-corrected chi connectivity index (χ1v) is 9.22. The standard InChI is InChI=1S/C22H26N2O2/c1-2-26-21-12-10-20(11-13-21)22(25)24-17-15-23(16-18-24)14-6-9-19-7-4-3-5-8-19/h3-13H,2,14-18H2,1H3/b9-6+. The van der Waals surface area contributed by atoms with Gasteiger partial charge in [-0.3, -0.25) is 9.69 Å². The third-order valence-electron chi connectivity index (χ3n) is 4.55. The summed E-state index contributed by atoms with van der Waals surface area (Å²) in [5.41, 5.74) is 1.95. The van der Waals surface area contributed by atoms with Crippen LogP contribution in [0.15, 0.2) is 60.7 Å². The predicted molar refractivity (Wildman–Crippen MR) is 105 cm³/mol. The van der Waals surface area contributed by atoms with Gasteiger partial charge in [-0.05, 0) is 36.8 Å². The average molecular weight is 350 g/mol. The third-order valence-corrected chi connectivity index (χ3v) is 4.55. The van der Waals surface area contributed by atoms with E-state index in [1.165, 1.54) is 5.56 Å². The monoisotopic (exact) mass is 350 g/mol. The summed E-state index contributed by atoms with van der Waals surface area (Å²) < 4.78 is 5.43. The number of carbonyl (C=O) groups is 1. The van der Waals surface area contributed by atoms with Gasteiger partial charge < -0.3 is 9.64 Å². The molecule has 0 radical (unpaired) electrons. The van der Waals surface area contributed by atoms with Crippen molar-refractivity contribution < 1.29 is 9.53 Å². The summed E-state index contributed by atoms with van der Waals surface area (Å²) in [5, 5.41) is 0. The van der Waals surface area contributed by atoms with Crippen molar-refractivity contribution in [3.63, 3.8) is 0 Å². The summed E-state index contributed by atoms with van der Waals surface area (Å²) in [6, 6.07) is 17.7. The van der Waals surface area contributed by atoms with E-state index >= 15 is 0 Å². The molecule has 3 rings (SSSR count). The van der Waals surface area contributed by atoms with Crippen molar-refractivity contribution in [1.82, 2.24) is 9.80 Å². The summed E-state index contributed by atoms with van der Waals surface area (Å²) in [7, 11) is 0. The number of benzene rings is 2. The van der Waals surface area contributed by atoms with Crippen molar-refractivity contribution in [2.75, 3.05) is 39.3 Å². The minimum Gasteiger partial charge on any atom is -0.494 e. The smallest absolute Gasteiger partial charge is 0.253 e. The Balaban J connectivity index is 1.47. The van der Waals surface area contributed by atoms with E-state index in [0.717, 1.165) is 44.0 Å². The van der Waals surface area contributed by atoms with Crippen LogP contribution in [0.4, 0.5) is 0 Å². The number of amides is 1. The second-order valence-electron chi connectivity index (χ2n) is 6.36. The summed E-state index contributed by atoms with van der Waals surface area (Å²) in [5.74, 6) is 0.909. The highest BCUT2D eigenvalue weighted by molar-refractivity contribution is 5.94. The van der Waals surface area contributed by atoms with Gasteiger partial charge in [0.15, 0.2) is 0 Å². The molecule has 2 aromatic carbocycles. The molecule has 1 fully saturated rings. The number of nitrogens with zero attached hydrogens (tertiary/aromatic N) is 2. The molecule has 1 heterocycles. The molecule has 4 nitrogen and oxygen atoms in total. The van der Waals surface area contributed by atoms with Crippen LogP contribution in [-0.4, -0.2) is 55.0 Å². The Hall–Kier alpha value is -2.59.